The van der Waals surface area contributed by atoms with Crippen LogP contribution >= 0.6 is 0 Å². The van der Waals surface area contributed by atoms with Crippen molar-refractivity contribution in [2.75, 3.05) is 54.9 Å². The van der Waals surface area contributed by atoms with Gasteiger partial charge in [0.05, 0.1) is 24.5 Å². The highest BCUT2D eigenvalue weighted by atomic mass is 16.5. The van der Waals surface area contributed by atoms with Crippen LogP contribution in [0.5, 0.6) is 0 Å². The first-order chi connectivity index (χ1) is 14.2. The SMILES string of the molecule is NC(=O)c1cnc(Nc2ccc(N3CCOCC3)cc2)cc1NC1CCNCC1. The number of rotatable bonds is 6. The van der Waals surface area contributed by atoms with Crippen LogP contribution in [-0.2, 0) is 4.74 Å². The van der Waals surface area contributed by atoms with E-state index in [1.165, 1.54) is 11.9 Å². The lowest BCUT2D eigenvalue weighted by atomic mass is 10.1. The van der Waals surface area contributed by atoms with Gasteiger partial charge in [-0.05, 0) is 50.2 Å². The van der Waals surface area contributed by atoms with Gasteiger partial charge < -0.3 is 31.3 Å². The minimum Gasteiger partial charge on any atom is -0.381 e. The molecule has 8 heteroatoms. The van der Waals surface area contributed by atoms with Crippen molar-refractivity contribution in [2.24, 2.45) is 5.73 Å². The van der Waals surface area contributed by atoms with Gasteiger partial charge in [-0.1, -0.05) is 0 Å². The van der Waals surface area contributed by atoms with Crippen LogP contribution in [0.15, 0.2) is 36.5 Å². The molecule has 0 atom stereocenters. The van der Waals surface area contributed by atoms with Crippen molar-refractivity contribution in [1.82, 2.24) is 10.3 Å². The van der Waals surface area contributed by atoms with Crippen LogP contribution in [0.2, 0.25) is 0 Å². The number of ether oxygens (including phenoxy) is 1. The summed E-state index contributed by atoms with van der Waals surface area (Å²) >= 11 is 0. The molecule has 0 saturated carbocycles. The van der Waals surface area contributed by atoms with Crippen molar-refractivity contribution in [3.05, 3.63) is 42.1 Å². The van der Waals surface area contributed by atoms with Crippen molar-refractivity contribution >= 4 is 28.8 Å². The third-order valence-corrected chi connectivity index (χ3v) is 5.38. The molecule has 2 aromatic rings. The van der Waals surface area contributed by atoms with Crippen LogP contribution < -0.4 is 26.6 Å². The maximum Gasteiger partial charge on any atom is 0.252 e. The molecule has 0 bridgehead atoms. The number of carbonyl (C=O) groups excluding carboxylic acids is 1. The number of aromatic nitrogens is 1. The lowest BCUT2D eigenvalue weighted by Gasteiger charge is -2.29. The van der Waals surface area contributed by atoms with Crippen LogP contribution in [0, 0.1) is 0 Å². The predicted molar refractivity (Wildman–Crippen MR) is 115 cm³/mol. The second kappa shape index (κ2) is 9.11. The monoisotopic (exact) mass is 396 g/mol. The Hall–Kier alpha value is -2.84. The first kappa shape index (κ1) is 19.5. The summed E-state index contributed by atoms with van der Waals surface area (Å²) < 4.78 is 5.41. The summed E-state index contributed by atoms with van der Waals surface area (Å²) in [4.78, 5) is 18.5. The first-order valence-corrected chi connectivity index (χ1v) is 10.2. The van der Waals surface area contributed by atoms with Gasteiger partial charge in [0.15, 0.2) is 0 Å². The Labute approximate surface area is 170 Å². The normalized spacial score (nSPS) is 17.7. The predicted octanol–water partition coefficient (Wildman–Crippen LogP) is 1.92. The number of hydrogen-bond acceptors (Lipinski definition) is 7. The Bertz CT molecular complexity index is 830. The summed E-state index contributed by atoms with van der Waals surface area (Å²) in [7, 11) is 0. The largest absolute Gasteiger partial charge is 0.381 e. The molecule has 1 aromatic heterocycles. The molecule has 154 valence electrons. The van der Waals surface area contributed by atoms with Gasteiger partial charge >= 0.3 is 0 Å². The number of nitrogens with zero attached hydrogens (tertiary/aromatic N) is 2. The van der Waals surface area contributed by atoms with E-state index in [-0.39, 0.29) is 0 Å². The number of pyridine rings is 1. The number of anilines is 4. The zero-order valence-corrected chi connectivity index (χ0v) is 16.5. The van der Waals surface area contributed by atoms with Crippen molar-refractivity contribution in [3.63, 3.8) is 0 Å². The van der Waals surface area contributed by atoms with E-state index < -0.39 is 5.91 Å². The maximum atomic E-state index is 11.8. The number of nitrogens with one attached hydrogen (secondary N) is 3. The number of hydrogen-bond donors (Lipinski definition) is 4. The number of piperidine rings is 1. The van der Waals surface area contributed by atoms with E-state index in [9.17, 15) is 4.79 Å². The van der Waals surface area contributed by atoms with E-state index in [4.69, 9.17) is 10.5 Å². The Balaban J connectivity index is 1.47. The summed E-state index contributed by atoms with van der Waals surface area (Å²) in [5, 5.41) is 10.1. The van der Waals surface area contributed by atoms with Crippen molar-refractivity contribution in [1.29, 1.82) is 0 Å². The molecule has 2 aliphatic heterocycles. The maximum absolute atomic E-state index is 11.8. The molecule has 2 aliphatic rings. The highest BCUT2D eigenvalue weighted by Crippen LogP contribution is 2.25. The lowest BCUT2D eigenvalue weighted by molar-refractivity contribution is 0.100. The molecule has 29 heavy (non-hydrogen) atoms. The zero-order chi connectivity index (χ0) is 20.1. The summed E-state index contributed by atoms with van der Waals surface area (Å²) in [6, 6.07) is 10.4. The van der Waals surface area contributed by atoms with Crippen LogP contribution in [-0.4, -0.2) is 56.3 Å². The van der Waals surface area contributed by atoms with Gasteiger partial charge in [-0.3, -0.25) is 4.79 Å². The number of morpholine rings is 1. The van der Waals surface area contributed by atoms with Gasteiger partial charge in [-0.15, -0.1) is 0 Å². The Morgan fingerprint density at radius 3 is 2.59 bits per heavy atom. The molecule has 3 heterocycles. The van der Waals surface area contributed by atoms with Gasteiger partial charge in [0, 0.05) is 42.8 Å². The molecular formula is C21H28N6O2. The highest BCUT2D eigenvalue weighted by molar-refractivity contribution is 5.98. The van der Waals surface area contributed by atoms with Gasteiger partial charge in [-0.2, -0.15) is 0 Å². The average Bonchev–Trinajstić information content (AvgIpc) is 2.76. The Morgan fingerprint density at radius 1 is 1.17 bits per heavy atom. The van der Waals surface area contributed by atoms with Crippen LogP contribution in [0.1, 0.15) is 23.2 Å². The summed E-state index contributed by atoms with van der Waals surface area (Å²) in [5.74, 6) is 0.195. The molecule has 0 spiro atoms. The molecule has 1 aromatic carbocycles. The van der Waals surface area contributed by atoms with Crippen molar-refractivity contribution in [2.45, 2.75) is 18.9 Å². The lowest BCUT2D eigenvalue weighted by Crippen LogP contribution is -2.36. The van der Waals surface area contributed by atoms with Crippen LogP contribution in [0.3, 0.4) is 0 Å². The average molecular weight is 396 g/mol. The Kier molecular flexibility index (Phi) is 6.12. The van der Waals surface area contributed by atoms with E-state index >= 15 is 0 Å². The van der Waals surface area contributed by atoms with Crippen LogP contribution in [0.4, 0.5) is 22.9 Å². The van der Waals surface area contributed by atoms with E-state index in [1.54, 1.807) is 0 Å². The second-order valence-electron chi connectivity index (χ2n) is 7.42. The fourth-order valence-electron chi connectivity index (χ4n) is 3.75. The number of primary amides is 1. The summed E-state index contributed by atoms with van der Waals surface area (Å²) in [5.41, 5.74) is 8.81. The van der Waals surface area contributed by atoms with Gasteiger partial charge in [0.1, 0.15) is 5.82 Å². The standard InChI is InChI=1S/C21H28N6O2/c22-21(28)18-14-24-20(13-19(18)25-16-5-7-23-8-6-16)26-15-1-3-17(4-2-15)27-9-11-29-12-10-27/h1-4,13-14,16,23H,5-12H2,(H2,22,28)(H2,24,25,26). The number of amides is 1. The third-order valence-electron chi connectivity index (χ3n) is 5.38. The molecule has 1 amide bonds. The van der Waals surface area contributed by atoms with Gasteiger partial charge in [-0.25, -0.2) is 4.98 Å². The molecule has 0 unspecified atom stereocenters. The van der Waals surface area contributed by atoms with E-state index in [1.807, 2.05) is 18.2 Å². The minimum atomic E-state index is -0.477. The number of carbonyl (C=O) groups is 1. The quantitative estimate of drug-likeness (QED) is 0.591. The molecular weight excluding hydrogens is 368 g/mol. The molecule has 2 saturated heterocycles. The number of benzene rings is 1. The second-order valence-corrected chi connectivity index (χ2v) is 7.42. The van der Waals surface area contributed by atoms with E-state index in [0.29, 0.717) is 17.4 Å². The fourth-order valence-corrected chi connectivity index (χ4v) is 3.75. The highest BCUT2D eigenvalue weighted by Gasteiger charge is 2.17. The number of nitrogens with two attached hydrogens (primary N) is 1. The first-order valence-electron chi connectivity index (χ1n) is 10.2. The third kappa shape index (κ3) is 4.96. The topological polar surface area (TPSA) is 105 Å². The molecule has 5 N–H and O–H groups in total. The molecule has 2 fully saturated rings. The van der Waals surface area contributed by atoms with Crippen molar-refractivity contribution in [3.8, 4) is 0 Å². The minimum absolute atomic E-state index is 0.317. The zero-order valence-electron chi connectivity index (χ0n) is 16.5. The van der Waals surface area contributed by atoms with Crippen molar-refractivity contribution < 1.29 is 9.53 Å². The van der Waals surface area contributed by atoms with Gasteiger partial charge in [0.2, 0.25) is 0 Å². The summed E-state index contributed by atoms with van der Waals surface area (Å²) in [6.07, 6.45) is 3.55. The summed E-state index contributed by atoms with van der Waals surface area (Å²) in [6.45, 7) is 5.29. The molecule has 0 radical (unpaired) electrons. The van der Waals surface area contributed by atoms with Crippen LogP contribution in [0.25, 0.3) is 0 Å². The van der Waals surface area contributed by atoms with Gasteiger partial charge in [0.25, 0.3) is 5.91 Å². The fraction of sp³-hybridized carbons (Fsp3) is 0.429. The smallest absolute Gasteiger partial charge is 0.252 e. The van der Waals surface area contributed by atoms with E-state index in [2.05, 4.69) is 38.0 Å². The molecule has 0 aliphatic carbocycles. The molecule has 8 nitrogen and oxygen atoms in total. The van der Waals surface area contributed by atoms with E-state index in [0.717, 1.165) is 63.6 Å². The Morgan fingerprint density at radius 2 is 1.90 bits per heavy atom. The molecule has 4 rings (SSSR count).